The number of benzene rings is 3. The number of thiazole rings is 1. The van der Waals surface area contributed by atoms with Crippen LogP contribution >= 0.6 is 34.5 Å². The number of ether oxygens (including phenoxy) is 1. The lowest BCUT2D eigenvalue weighted by molar-refractivity contribution is -0.121. The Morgan fingerprint density at radius 3 is 2.61 bits per heavy atom. The van der Waals surface area contributed by atoms with Crippen LogP contribution in [-0.4, -0.2) is 17.5 Å². The van der Waals surface area contributed by atoms with Gasteiger partial charge in [0.1, 0.15) is 10.8 Å². The zero-order valence-corrected chi connectivity index (χ0v) is 18.5. The number of carbonyl (C=O) groups is 1. The van der Waals surface area contributed by atoms with E-state index in [0.29, 0.717) is 28.0 Å². The lowest BCUT2D eigenvalue weighted by Crippen LogP contribution is -2.38. The van der Waals surface area contributed by atoms with Gasteiger partial charge in [-0.25, -0.2) is 4.98 Å². The zero-order valence-electron chi connectivity index (χ0n) is 16.2. The minimum Gasteiger partial charge on any atom is -0.482 e. The first-order chi connectivity index (χ1) is 15.1. The summed E-state index contributed by atoms with van der Waals surface area (Å²) in [5.74, 6) is 0.556. The van der Waals surface area contributed by atoms with Gasteiger partial charge < -0.3 is 9.64 Å². The lowest BCUT2D eigenvalue weighted by Gasteiger charge is -2.30. The van der Waals surface area contributed by atoms with Gasteiger partial charge in [-0.15, -0.1) is 11.3 Å². The third kappa shape index (κ3) is 4.04. The molecular weight excluding hydrogens is 451 g/mol. The van der Waals surface area contributed by atoms with Gasteiger partial charge in [-0.1, -0.05) is 59.6 Å². The molecule has 3 aromatic carbocycles. The van der Waals surface area contributed by atoms with Gasteiger partial charge in [0.25, 0.3) is 5.91 Å². The van der Waals surface area contributed by atoms with Crippen molar-refractivity contribution in [2.24, 2.45) is 0 Å². The van der Waals surface area contributed by atoms with Crippen molar-refractivity contribution < 1.29 is 9.53 Å². The number of halogens is 2. The monoisotopic (exact) mass is 466 g/mol. The predicted molar refractivity (Wildman–Crippen MR) is 126 cm³/mol. The van der Waals surface area contributed by atoms with E-state index in [1.54, 1.807) is 28.4 Å². The molecule has 4 nitrogen and oxygen atoms in total. The number of carbonyl (C=O) groups excluding carboxylic acids is 1. The highest BCUT2D eigenvalue weighted by Crippen LogP contribution is 2.38. The van der Waals surface area contributed by atoms with Crippen LogP contribution in [-0.2, 0) is 11.3 Å². The van der Waals surface area contributed by atoms with Gasteiger partial charge in [0.2, 0.25) is 0 Å². The van der Waals surface area contributed by atoms with Gasteiger partial charge in [0, 0.05) is 16.5 Å². The molecule has 31 heavy (non-hydrogen) atoms. The Balaban J connectivity index is 1.49. The van der Waals surface area contributed by atoms with E-state index in [-0.39, 0.29) is 12.5 Å². The highest BCUT2D eigenvalue weighted by Gasteiger charge is 2.26. The molecule has 0 spiro atoms. The van der Waals surface area contributed by atoms with Crippen LogP contribution in [0.5, 0.6) is 5.75 Å². The number of aromatic nitrogens is 1. The van der Waals surface area contributed by atoms with Gasteiger partial charge in [-0.2, -0.15) is 0 Å². The van der Waals surface area contributed by atoms with Crippen LogP contribution in [0.2, 0.25) is 10.0 Å². The first-order valence-corrected chi connectivity index (χ1v) is 11.2. The Kier molecular flexibility index (Phi) is 5.40. The minimum atomic E-state index is -0.112. The van der Waals surface area contributed by atoms with Crippen molar-refractivity contribution in [1.82, 2.24) is 4.98 Å². The van der Waals surface area contributed by atoms with Crippen molar-refractivity contribution >= 4 is 46.1 Å². The number of hydrogen-bond acceptors (Lipinski definition) is 4. The average Bonchev–Trinajstić information content (AvgIpc) is 3.29. The van der Waals surface area contributed by atoms with Gasteiger partial charge in [-0.05, 0) is 35.9 Å². The summed E-state index contributed by atoms with van der Waals surface area (Å²) in [6.07, 6.45) is 0. The van der Waals surface area contributed by atoms with Crippen molar-refractivity contribution in [3.63, 3.8) is 0 Å². The maximum Gasteiger partial charge on any atom is 0.265 e. The number of hydrogen-bond donors (Lipinski definition) is 0. The summed E-state index contributed by atoms with van der Waals surface area (Å²) in [5.41, 5.74) is 4.47. The molecule has 7 heteroatoms. The summed E-state index contributed by atoms with van der Waals surface area (Å²) in [6.45, 7) is 0.379. The zero-order chi connectivity index (χ0) is 21.4. The fourth-order valence-corrected chi connectivity index (χ4v) is 4.63. The van der Waals surface area contributed by atoms with Crippen LogP contribution < -0.4 is 9.64 Å². The van der Waals surface area contributed by atoms with Crippen LogP contribution in [0.1, 0.15) is 5.56 Å². The number of nitrogens with zero attached hydrogens (tertiary/aromatic N) is 2. The summed E-state index contributed by atoms with van der Waals surface area (Å²) in [7, 11) is 0. The summed E-state index contributed by atoms with van der Waals surface area (Å²) in [5, 5.41) is 3.93. The molecule has 1 amide bonds. The second kappa shape index (κ2) is 8.35. The molecule has 0 bridgehead atoms. The Labute approximate surface area is 193 Å². The number of rotatable bonds is 4. The van der Waals surface area contributed by atoms with Crippen LogP contribution in [0.3, 0.4) is 0 Å². The maximum absolute atomic E-state index is 12.7. The third-order valence-electron chi connectivity index (χ3n) is 5.05. The molecule has 5 rings (SSSR count). The number of amides is 1. The molecule has 0 N–H and O–H groups in total. The lowest BCUT2D eigenvalue weighted by atomic mass is 10.1. The molecule has 1 aliphatic heterocycles. The van der Waals surface area contributed by atoms with E-state index in [1.807, 2.05) is 60.0 Å². The molecule has 0 fully saturated rings. The molecule has 0 aliphatic carbocycles. The van der Waals surface area contributed by atoms with Crippen molar-refractivity contribution in [3.8, 4) is 27.6 Å². The van der Waals surface area contributed by atoms with E-state index < -0.39 is 0 Å². The highest BCUT2D eigenvalue weighted by atomic mass is 35.5. The van der Waals surface area contributed by atoms with E-state index >= 15 is 0 Å². The molecule has 0 saturated heterocycles. The Hall–Kier alpha value is -2.86. The van der Waals surface area contributed by atoms with Gasteiger partial charge in [0.15, 0.2) is 6.61 Å². The smallest absolute Gasteiger partial charge is 0.265 e. The molecule has 2 heterocycles. The summed E-state index contributed by atoms with van der Waals surface area (Å²) >= 11 is 13.8. The topological polar surface area (TPSA) is 42.4 Å². The maximum atomic E-state index is 12.7. The SMILES string of the molecule is O=C1COc2ccc(-c3csc(-c4ccccc4)n3)cc2N1Cc1ccc(Cl)c(Cl)c1. The van der Waals surface area contributed by atoms with Crippen molar-refractivity contribution in [3.05, 3.63) is 87.7 Å². The normalized spacial score (nSPS) is 13.1. The van der Waals surface area contributed by atoms with Gasteiger partial charge in [-0.3, -0.25) is 4.79 Å². The minimum absolute atomic E-state index is 0.00250. The Morgan fingerprint density at radius 2 is 1.81 bits per heavy atom. The van der Waals surface area contributed by atoms with E-state index in [2.05, 4.69) is 0 Å². The largest absolute Gasteiger partial charge is 0.482 e. The molecule has 1 aliphatic rings. The summed E-state index contributed by atoms with van der Waals surface area (Å²) in [6, 6.07) is 21.3. The number of anilines is 1. The first-order valence-electron chi connectivity index (χ1n) is 9.61. The van der Waals surface area contributed by atoms with E-state index in [9.17, 15) is 4.79 Å². The quantitative estimate of drug-likeness (QED) is 0.335. The Bertz CT molecular complexity index is 1270. The van der Waals surface area contributed by atoms with E-state index in [1.165, 1.54) is 0 Å². The molecule has 1 aromatic heterocycles. The van der Waals surface area contributed by atoms with E-state index in [0.717, 1.165) is 27.4 Å². The van der Waals surface area contributed by atoms with Gasteiger partial charge >= 0.3 is 0 Å². The fourth-order valence-electron chi connectivity index (χ4n) is 3.48. The van der Waals surface area contributed by atoms with Crippen LogP contribution in [0.15, 0.2) is 72.1 Å². The molecule has 0 radical (unpaired) electrons. The highest BCUT2D eigenvalue weighted by molar-refractivity contribution is 7.13. The third-order valence-corrected chi connectivity index (χ3v) is 6.68. The second-order valence-electron chi connectivity index (χ2n) is 7.10. The van der Waals surface area contributed by atoms with Crippen molar-refractivity contribution in [1.29, 1.82) is 0 Å². The first kappa shape index (κ1) is 20.1. The molecule has 4 aromatic rings. The van der Waals surface area contributed by atoms with E-state index in [4.69, 9.17) is 32.9 Å². The van der Waals surface area contributed by atoms with Crippen LogP contribution in [0.25, 0.3) is 21.8 Å². The molecule has 0 unspecified atom stereocenters. The van der Waals surface area contributed by atoms with Crippen molar-refractivity contribution in [2.45, 2.75) is 6.54 Å². The average molecular weight is 467 g/mol. The van der Waals surface area contributed by atoms with Crippen molar-refractivity contribution in [2.75, 3.05) is 11.5 Å². The van der Waals surface area contributed by atoms with Gasteiger partial charge in [0.05, 0.1) is 28.0 Å². The number of fused-ring (bicyclic) bond motifs is 1. The predicted octanol–water partition coefficient (Wildman–Crippen LogP) is 6.71. The second-order valence-corrected chi connectivity index (χ2v) is 8.78. The standard InChI is InChI=1S/C24H16Cl2N2O2S/c25-18-8-6-15(10-19(18)26)12-28-21-11-17(7-9-22(21)30-13-23(28)29)20-14-31-24(27-20)16-4-2-1-3-5-16/h1-11,14H,12-13H2. The van der Waals surface area contributed by atoms with Crippen LogP contribution in [0, 0.1) is 0 Å². The molecular formula is C24H16Cl2N2O2S. The molecule has 154 valence electrons. The summed E-state index contributed by atoms with van der Waals surface area (Å²) in [4.78, 5) is 19.2. The fraction of sp³-hybridized carbons (Fsp3) is 0.0833. The molecule has 0 atom stereocenters. The summed E-state index contributed by atoms with van der Waals surface area (Å²) < 4.78 is 5.66. The van der Waals surface area contributed by atoms with Crippen LogP contribution in [0.4, 0.5) is 5.69 Å². The molecule has 0 saturated carbocycles. The Morgan fingerprint density at radius 1 is 0.968 bits per heavy atom.